The summed E-state index contributed by atoms with van der Waals surface area (Å²) in [5, 5.41) is 0. The van der Waals surface area contributed by atoms with Crippen LogP contribution in [0.25, 0.3) is 0 Å². The third kappa shape index (κ3) is 4.47. The lowest BCUT2D eigenvalue weighted by molar-refractivity contribution is -0.136. The molecule has 0 saturated heterocycles. The predicted octanol–water partition coefficient (Wildman–Crippen LogP) is 2.46. The Morgan fingerprint density at radius 2 is 2.00 bits per heavy atom. The van der Waals surface area contributed by atoms with Crippen LogP contribution in [0.15, 0.2) is 11.6 Å². The maximum atomic E-state index is 11.0. The second-order valence-corrected chi connectivity index (χ2v) is 3.97. The van der Waals surface area contributed by atoms with Crippen LogP contribution >= 0.6 is 0 Å². The molecule has 0 heterocycles. The van der Waals surface area contributed by atoms with E-state index < -0.39 is 0 Å². The van der Waals surface area contributed by atoms with Gasteiger partial charge in [0.2, 0.25) is 0 Å². The molecule has 0 unspecified atom stereocenters. The molecule has 0 aliphatic heterocycles. The predicted molar refractivity (Wildman–Crippen MR) is 58.6 cm³/mol. The summed E-state index contributed by atoms with van der Waals surface area (Å²) in [7, 11) is 1.39. The van der Waals surface area contributed by atoms with Gasteiger partial charge < -0.3 is 9.47 Å². The van der Waals surface area contributed by atoms with Gasteiger partial charge in [-0.3, -0.25) is 0 Å². The summed E-state index contributed by atoms with van der Waals surface area (Å²) in [4.78, 5) is 11.0. The number of hydrogen-bond donors (Lipinski definition) is 0. The average molecular weight is 212 g/mol. The van der Waals surface area contributed by atoms with Crippen LogP contribution in [0.4, 0.5) is 0 Å². The quantitative estimate of drug-likeness (QED) is 0.530. The van der Waals surface area contributed by atoms with E-state index in [-0.39, 0.29) is 5.97 Å². The Morgan fingerprint density at radius 1 is 1.33 bits per heavy atom. The van der Waals surface area contributed by atoms with Gasteiger partial charge in [0, 0.05) is 5.57 Å². The molecule has 1 fully saturated rings. The minimum absolute atomic E-state index is 0.276. The third-order valence-electron chi connectivity index (χ3n) is 2.78. The standard InChI is InChI=1S/C12H20O3/c1-10(12(13)14-2)8-9-15-11-6-4-3-5-7-11/h8,11H,3-7,9H2,1-2H3. The average Bonchev–Trinajstić information content (AvgIpc) is 2.29. The van der Waals surface area contributed by atoms with Gasteiger partial charge in [-0.2, -0.15) is 0 Å². The van der Waals surface area contributed by atoms with E-state index in [0.29, 0.717) is 18.3 Å². The van der Waals surface area contributed by atoms with E-state index >= 15 is 0 Å². The largest absolute Gasteiger partial charge is 0.466 e. The van der Waals surface area contributed by atoms with Crippen LogP contribution in [0.2, 0.25) is 0 Å². The van der Waals surface area contributed by atoms with Crippen LogP contribution in [-0.2, 0) is 14.3 Å². The Labute approximate surface area is 91.4 Å². The molecule has 3 nitrogen and oxygen atoms in total. The van der Waals surface area contributed by atoms with Crippen LogP contribution in [-0.4, -0.2) is 25.8 Å². The zero-order chi connectivity index (χ0) is 11.1. The lowest BCUT2D eigenvalue weighted by Crippen LogP contribution is -2.16. The zero-order valence-corrected chi connectivity index (χ0v) is 9.62. The first kappa shape index (κ1) is 12.2. The van der Waals surface area contributed by atoms with Crippen LogP contribution in [0.5, 0.6) is 0 Å². The lowest BCUT2D eigenvalue weighted by atomic mass is 9.98. The monoisotopic (exact) mass is 212 g/mol. The fourth-order valence-electron chi connectivity index (χ4n) is 1.79. The first-order valence-corrected chi connectivity index (χ1v) is 5.60. The van der Waals surface area contributed by atoms with E-state index in [9.17, 15) is 4.79 Å². The molecule has 0 aromatic carbocycles. The summed E-state index contributed by atoms with van der Waals surface area (Å²) in [6.07, 6.45) is 8.36. The van der Waals surface area contributed by atoms with E-state index in [2.05, 4.69) is 4.74 Å². The molecule has 0 atom stereocenters. The molecule has 0 bridgehead atoms. The Balaban J connectivity index is 2.21. The van der Waals surface area contributed by atoms with Crippen LogP contribution in [0, 0.1) is 0 Å². The molecule has 0 N–H and O–H groups in total. The summed E-state index contributed by atoms with van der Waals surface area (Å²) >= 11 is 0. The lowest BCUT2D eigenvalue weighted by Gasteiger charge is -2.21. The normalized spacial score (nSPS) is 18.9. The first-order valence-electron chi connectivity index (χ1n) is 5.60. The molecular formula is C12H20O3. The summed E-state index contributed by atoms with van der Waals surface area (Å²) in [6.45, 7) is 2.27. The van der Waals surface area contributed by atoms with Gasteiger partial charge in [0.25, 0.3) is 0 Å². The van der Waals surface area contributed by atoms with E-state index in [1.165, 1.54) is 26.4 Å². The maximum absolute atomic E-state index is 11.0. The van der Waals surface area contributed by atoms with Crippen molar-refractivity contribution in [2.24, 2.45) is 0 Å². The molecule has 1 rings (SSSR count). The van der Waals surface area contributed by atoms with Gasteiger partial charge in [0.1, 0.15) is 0 Å². The van der Waals surface area contributed by atoms with Crippen molar-refractivity contribution in [2.75, 3.05) is 13.7 Å². The zero-order valence-electron chi connectivity index (χ0n) is 9.62. The Kier molecular flexibility index (Phi) is 5.40. The van der Waals surface area contributed by atoms with Gasteiger partial charge in [-0.25, -0.2) is 4.79 Å². The first-order chi connectivity index (χ1) is 7.24. The number of carbonyl (C=O) groups excluding carboxylic acids is 1. The number of hydrogen-bond acceptors (Lipinski definition) is 3. The maximum Gasteiger partial charge on any atom is 0.333 e. The highest BCUT2D eigenvalue weighted by Crippen LogP contribution is 2.20. The van der Waals surface area contributed by atoms with E-state index in [4.69, 9.17) is 4.74 Å². The fraction of sp³-hybridized carbons (Fsp3) is 0.750. The Bertz CT molecular complexity index is 227. The molecular weight excluding hydrogens is 192 g/mol. The van der Waals surface area contributed by atoms with Crippen molar-refractivity contribution in [1.29, 1.82) is 0 Å². The van der Waals surface area contributed by atoms with Gasteiger partial charge >= 0.3 is 5.97 Å². The topological polar surface area (TPSA) is 35.5 Å². The molecule has 3 heteroatoms. The summed E-state index contributed by atoms with van der Waals surface area (Å²) in [6, 6.07) is 0. The van der Waals surface area contributed by atoms with Crippen LogP contribution < -0.4 is 0 Å². The molecule has 0 amide bonds. The van der Waals surface area contributed by atoms with Crippen molar-refractivity contribution in [3.8, 4) is 0 Å². The molecule has 1 aliphatic rings. The van der Waals surface area contributed by atoms with Crippen LogP contribution in [0.1, 0.15) is 39.0 Å². The molecule has 0 spiro atoms. The smallest absolute Gasteiger partial charge is 0.333 e. The molecule has 0 radical (unpaired) electrons. The highest BCUT2D eigenvalue weighted by molar-refractivity contribution is 5.87. The van der Waals surface area contributed by atoms with Crippen molar-refractivity contribution in [3.63, 3.8) is 0 Å². The molecule has 86 valence electrons. The van der Waals surface area contributed by atoms with Crippen molar-refractivity contribution in [2.45, 2.75) is 45.1 Å². The van der Waals surface area contributed by atoms with Crippen molar-refractivity contribution in [3.05, 3.63) is 11.6 Å². The third-order valence-corrected chi connectivity index (χ3v) is 2.78. The van der Waals surface area contributed by atoms with Gasteiger partial charge in [-0.1, -0.05) is 19.3 Å². The number of methoxy groups -OCH3 is 1. The number of carbonyl (C=O) groups is 1. The number of esters is 1. The van der Waals surface area contributed by atoms with Crippen LogP contribution in [0.3, 0.4) is 0 Å². The molecule has 15 heavy (non-hydrogen) atoms. The van der Waals surface area contributed by atoms with Gasteiger partial charge in [-0.15, -0.1) is 0 Å². The minimum Gasteiger partial charge on any atom is -0.466 e. The minimum atomic E-state index is -0.276. The SMILES string of the molecule is COC(=O)C(C)=CCOC1CCCCC1. The molecule has 1 saturated carbocycles. The second kappa shape index (κ2) is 6.62. The molecule has 0 aromatic rings. The Morgan fingerprint density at radius 3 is 2.60 bits per heavy atom. The van der Waals surface area contributed by atoms with Crippen molar-refractivity contribution in [1.82, 2.24) is 0 Å². The van der Waals surface area contributed by atoms with Crippen molar-refractivity contribution >= 4 is 5.97 Å². The van der Waals surface area contributed by atoms with E-state index in [1.807, 2.05) is 0 Å². The molecule has 1 aliphatic carbocycles. The summed E-state index contributed by atoms with van der Waals surface area (Å²) in [5.74, 6) is -0.276. The number of ether oxygens (including phenoxy) is 2. The van der Waals surface area contributed by atoms with E-state index in [1.54, 1.807) is 13.0 Å². The Hall–Kier alpha value is -0.830. The van der Waals surface area contributed by atoms with Gasteiger partial charge in [0.15, 0.2) is 0 Å². The highest BCUT2D eigenvalue weighted by Gasteiger charge is 2.12. The van der Waals surface area contributed by atoms with E-state index in [0.717, 1.165) is 12.8 Å². The van der Waals surface area contributed by atoms with Gasteiger partial charge in [-0.05, 0) is 25.8 Å². The van der Waals surface area contributed by atoms with Gasteiger partial charge in [0.05, 0.1) is 19.8 Å². The fourth-order valence-corrected chi connectivity index (χ4v) is 1.79. The summed E-state index contributed by atoms with van der Waals surface area (Å²) < 4.78 is 10.3. The second-order valence-electron chi connectivity index (χ2n) is 3.97. The highest BCUT2D eigenvalue weighted by atomic mass is 16.5. The van der Waals surface area contributed by atoms with Crippen molar-refractivity contribution < 1.29 is 14.3 Å². The molecule has 0 aromatic heterocycles. The summed E-state index contributed by atoms with van der Waals surface area (Å²) in [5.41, 5.74) is 0.619. The number of rotatable bonds is 4.